The molecule has 5 nitrogen and oxygen atoms in total. The maximum absolute atomic E-state index is 11.6. The van der Waals surface area contributed by atoms with Crippen molar-refractivity contribution in [3.63, 3.8) is 0 Å². The molecule has 1 atom stereocenters. The third-order valence-electron chi connectivity index (χ3n) is 1.76. The van der Waals surface area contributed by atoms with Crippen molar-refractivity contribution in [2.75, 3.05) is 0 Å². The number of carbonyl (C=O) groups is 2. The van der Waals surface area contributed by atoms with Crippen LogP contribution in [0.2, 0.25) is 0 Å². The highest BCUT2D eigenvalue weighted by atomic mass is 32.1. The first-order valence-electron chi connectivity index (χ1n) is 5.22. The lowest BCUT2D eigenvalue weighted by molar-refractivity contribution is -0.156. The Kier molecular flexibility index (Phi) is 4.22. The van der Waals surface area contributed by atoms with E-state index in [9.17, 15) is 9.59 Å². The van der Waals surface area contributed by atoms with Gasteiger partial charge in [0.2, 0.25) is 0 Å². The monoisotopic (exact) mass is 256 g/mol. The maximum atomic E-state index is 11.6. The fraction of sp³-hybridized carbons (Fsp3) is 0.545. The lowest BCUT2D eigenvalue weighted by Gasteiger charge is -2.22. The van der Waals surface area contributed by atoms with E-state index in [1.165, 1.54) is 17.5 Å². The number of ether oxygens (including phenoxy) is 1. The van der Waals surface area contributed by atoms with Crippen molar-refractivity contribution in [1.82, 2.24) is 10.3 Å². The van der Waals surface area contributed by atoms with Crippen molar-refractivity contribution in [2.24, 2.45) is 0 Å². The normalized spacial score (nSPS) is 12.9. The van der Waals surface area contributed by atoms with Gasteiger partial charge in [-0.2, -0.15) is 0 Å². The van der Waals surface area contributed by atoms with Gasteiger partial charge in [0.15, 0.2) is 0 Å². The van der Waals surface area contributed by atoms with Crippen molar-refractivity contribution >= 4 is 23.2 Å². The molecule has 1 amide bonds. The van der Waals surface area contributed by atoms with Crippen LogP contribution in [-0.4, -0.2) is 28.5 Å². The van der Waals surface area contributed by atoms with Crippen LogP contribution in [0.4, 0.5) is 0 Å². The quantitative estimate of drug-likeness (QED) is 0.834. The summed E-state index contributed by atoms with van der Waals surface area (Å²) in [7, 11) is 0. The van der Waals surface area contributed by atoms with E-state index in [1.54, 1.807) is 33.2 Å². The molecular weight excluding hydrogens is 240 g/mol. The van der Waals surface area contributed by atoms with Crippen LogP contribution >= 0.6 is 11.3 Å². The van der Waals surface area contributed by atoms with Gasteiger partial charge >= 0.3 is 5.97 Å². The van der Waals surface area contributed by atoms with E-state index in [4.69, 9.17) is 4.74 Å². The van der Waals surface area contributed by atoms with Crippen molar-refractivity contribution in [2.45, 2.75) is 39.3 Å². The second-order valence-electron chi connectivity index (χ2n) is 4.59. The first-order valence-corrected chi connectivity index (χ1v) is 6.10. The summed E-state index contributed by atoms with van der Waals surface area (Å²) in [5.41, 5.74) is 1.01. The predicted molar refractivity (Wildman–Crippen MR) is 64.9 cm³/mol. The number of rotatable bonds is 3. The van der Waals surface area contributed by atoms with Crippen molar-refractivity contribution in [1.29, 1.82) is 0 Å². The van der Waals surface area contributed by atoms with E-state index in [0.717, 1.165) is 0 Å². The van der Waals surface area contributed by atoms with Gasteiger partial charge in [0, 0.05) is 0 Å². The molecule has 0 radical (unpaired) electrons. The number of carbonyl (C=O) groups excluding carboxylic acids is 2. The molecule has 1 N–H and O–H groups in total. The molecule has 17 heavy (non-hydrogen) atoms. The minimum atomic E-state index is -0.677. The average molecular weight is 256 g/mol. The van der Waals surface area contributed by atoms with Gasteiger partial charge < -0.3 is 10.1 Å². The van der Waals surface area contributed by atoms with Crippen LogP contribution in [0.25, 0.3) is 0 Å². The lowest BCUT2D eigenvalue weighted by Crippen LogP contribution is -2.42. The molecule has 1 aromatic rings. The first-order chi connectivity index (χ1) is 7.79. The Hall–Kier alpha value is -1.43. The highest BCUT2D eigenvalue weighted by Gasteiger charge is 2.23. The SMILES string of the molecule is C[C@@H](NC(=O)c1cncs1)C(=O)OC(C)(C)C. The number of aromatic nitrogens is 1. The summed E-state index contributed by atoms with van der Waals surface area (Å²) in [4.78, 5) is 27.5. The summed E-state index contributed by atoms with van der Waals surface area (Å²) < 4.78 is 5.15. The fourth-order valence-electron chi connectivity index (χ4n) is 1.04. The topological polar surface area (TPSA) is 68.3 Å². The lowest BCUT2D eigenvalue weighted by atomic mass is 10.2. The summed E-state index contributed by atoms with van der Waals surface area (Å²) in [5.74, 6) is -0.763. The highest BCUT2D eigenvalue weighted by molar-refractivity contribution is 7.11. The molecule has 0 aromatic carbocycles. The summed E-state index contributed by atoms with van der Waals surface area (Å²) in [6.45, 7) is 6.93. The van der Waals surface area contributed by atoms with Crippen LogP contribution in [-0.2, 0) is 9.53 Å². The Bertz CT molecular complexity index is 395. The van der Waals surface area contributed by atoms with E-state index in [-0.39, 0.29) is 5.91 Å². The Balaban J connectivity index is 2.52. The van der Waals surface area contributed by atoms with Gasteiger partial charge in [-0.05, 0) is 27.7 Å². The third kappa shape index (κ3) is 4.52. The number of hydrogen-bond donors (Lipinski definition) is 1. The minimum absolute atomic E-state index is 0.314. The number of nitrogens with zero attached hydrogens (tertiary/aromatic N) is 1. The summed E-state index contributed by atoms with van der Waals surface area (Å²) in [5, 5.41) is 2.56. The third-order valence-corrected chi connectivity index (χ3v) is 2.54. The number of nitrogens with one attached hydrogen (secondary N) is 1. The number of thiazole rings is 1. The number of amides is 1. The molecule has 6 heteroatoms. The zero-order valence-corrected chi connectivity index (χ0v) is 11.1. The van der Waals surface area contributed by atoms with E-state index in [1.807, 2.05) is 0 Å². The summed E-state index contributed by atoms with van der Waals surface area (Å²) >= 11 is 1.22. The van der Waals surface area contributed by atoms with E-state index < -0.39 is 17.6 Å². The summed E-state index contributed by atoms with van der Waals surface area (Å²) in [6, 6.07) is -0.677. The van der Waals surface area contributed by atoms with Crippen LogP contribution in [0.1, 0.15) is 37.4 Å². The molecule has 1 rings (SSSR count). The van der Waals surface area contributed by atoms with E-state index in [0.29, 0.717) is 4.88 Å². The van der Waals surface area contributed by atoms with Gasteiger partial charge in [-0.25, -0.2) is 4.79 Å². The number of esters is 1. The minimum Gasteiger partial charge on any atom is -0.458 e. The molecule has 0 bridgehead atoms. The molecule has 0 aliphatic carbocycles. The van der Waals surface area contributed by atoms with Crippen LogP contribution in [0, 0.1) is 0 Å². The van der Waals surface area contributed by atoms with Crippen LogP contribution < -0.4 is 5.32 Å². The van der Waals surface area contributed by atoms with Gasteiger partial charge in [-0.1, -0.05) is 0 Å². The van der Waals surface area contributed by atoms with Crippen LogP contribution in [0.3, 0.4) is 0 Å². The maximum Gasteiger partial charge on any atom is 0.328 e. The largest absolute Gasteiger partial charge is 0.458 e. The fourth-order valence-corrected chi connectivity index (χ4v) is 1.57. The Morgan fingerprint density at radius 1 is 1.47 bits per heavy atom. The Morgan fingerprint density at radius 3 is 2.59 bits per heavy atom. The molecule has 0 aliphatic rings. The van der Waals surface area contributed by atoms with Crippen molar-refractivity contribution < 1.29 is 14.3 Å². The molecule has 0 saturated heterocycles. The first kappa shape index (κ1) is 13.6. The standard InChI is InChI=1S/C11H16N2O3S/c1-7(10(15)16-11(2,3)4)13-9(14)8-5-12-6-17-8/h5-7H,1-4H3,(H,13,14)/t7-/m1/s1. The van der Waals surface area contributed by atoms with Gasteiger partial charge in [-0.3, -0.25) is 9.78 Å². The highest BCUT2D eigenvalue weighted by Crippen LogP contribution is 2.09. The zero-order valence-electron chi connectivity index (χ0n) is 10.3. The molecule has 94 valence electrons. The second-order valence-corrected chi connectivity index (χ2v) is 5.48. The van der Waals surface area contributed by atoms with E-state index in [2.05, 4.69) is 10.3 Å². The number of hydrogen-bond acceptors (Lipinski definition) is 5. The van der Waals surface area contributed by atoms with Gasteiger partial charge in [-0.15, -0.1) is 11.3 Å². The second kappa shape index (κ2) is 5.27. The molecule has 0 spiro atoms. The molecule has 1 aromatic heterocycles. The Labute approximate surface area is 104 Å². The van der Waals surface area contributed by atoms with Crippen LogP contribution in [0.15, 0.2) is 11.7 Å². The van der Waals surface area contributed by atoms with Gasteiger partial charge in [0.25, 0.3) is 5.91 Å². The smallest absolute Gasteiger partial charge is 0.328 e. The molecule has 0 saturated carbocycles. The zero-order chi connectivity index (χ0) is 13.1. The van der Waals surface area contributed by atoms with Crippen molar-refractivity contribution in [3.8, 4) is 0 Å². The molecular formula is C11H16N2O3S. The molecule has 0 unspecified atom stereocenters. The Morgan fingerprint density at radius 2 is 2.12 bits per heavy atom. The molecule has 0 fully saturated rings. The van der Waals surface area contributed by atoms with Gasteiger partial charge in [0.1, 0.15) is 16.5 Å². The van der Waals surface area contributed by atoms with Gasteiger partial charge in [0.05, 0.1) is 11.7 Å². The van der Waals surface area contributed by atoms with E-state index >= 15 is 0 Å². The summed E-state index contributed by atoms with van der Waals surface area (Å²) in [6.07, 6.45) is 1.46. The molecule has 0 aliphatic heterocycles. The van der Waals surface area contributed by atoms with Crippen molar-refractivity contribution in [3.05, 3.63) is 16.6 Å². The van der Waals surface area contributed by atoms with Crippen LogP contribution in [0.5, 0.6) is 0 Å². The molecule has 1 heterocycles. The average Bonchev–Trinajstić information content (AvgIpc) is 2.67. The predicted octanol–water partition coefficient (Wildman–Crippen LogP) is 1.60.